The molecular weight excluding hydrogens is 356 g/mol. The SMILES string of the molecule is CC(=O)c1c[nH]c(C(=O)N[C@@H](CC(=O)OC(C)C)c2ccccc2Cl)c1. The number of carbonyl (C=O) groups excluding carboxylic acids is 3. The van der Waals surface area contributed by atoms with Gasteiger partial charge in [-0.1, -0.05) is 29.8 Å². The fraction of sp³-hybridized carbons (Fsp3) is 0.316. The molecule has 1 aromatic carbocycles. The summed E-state index contributed by atoms with van der Waals surface area (Å²) in [5.74, 6) is -1.04. The van der Waals surface area contributed by atoms with Gasteiger partial charge in [-0.05, 0) is 38.5 Å². The minimum atomic E-state index is -0.661. The number of rotatable bonds is 7. The first-order chi connectivity index (χ1) is 12.3. The number of carbonyl (C=O) groups is 3. The molecule has 0 spiro atoms. The Labute approximate surface area is 156 Å². The topological polar surface area (TPSA) is 88.3 Å². The molecule has 1 aromatic heterocycles. The lowest BCUT2D eigenvalue weighted by molar-refractivity contribution is -0.147. The van der Waals surface area contributed by atoms with Gasteiger partial charge in [-0.3, -0.25) is 14.4 Å². The first-order valence-corrected chi connectivity index (χ1v) is 8.60. The second-order valence-corrected chi connectivity index (χ2v) is 6.56. The van der Waals surface area contributed by atoms with Gasteiger partial charge >= 0.3 is 5.97 Å². The maximum atomic E-state index is 12.5. The number of hydrogen-bond donors (Lipinski definition) is 2. The molecule has 2 aromatic rings. The third-order valence-corrected chi connectivity index (χ3v) is 4.00. The van der Waals surface area contributed by atoms with Crippen LogP contribution in [0.1, 0.15) is 59.6 Å². The molecule has 0 aliphatic rings. The number of Topliss-reactive ketones (excluding diaryl/α,β-unsaturated/α-hetero) is 1. The van der Waals surface area contributed by atoms with Gasteiger partial charge in [0, 0.05) is 16.8 Å². The van der Waals surface area contributed by atoms with E-state index in [0.717, 1.165) is 0 Å². The Kier molecular flexibility index (Phi) is 6.58. The summed E-state index contributed by atoms with van der Waals surface area (Å²) in [5, 5.41) is 3.22. The van der Waals surface area contributed by atoms with Crippen molar-refractivity contribution in [2.24, 2.45) is 0 Å². The number of H-pyrrole nitrogens is 1. The third kappa shape index (κ3) is 5.20. The number of nitrogens with one attached hydrogen (secondary N) is 2. The van der Waals surface area contributed by atoms with Crippen LogP contribution in [-0.4, -0.2) is 28.7 Å². The Bertz CT molecular complexity index is 813. The van der Waals surface area contributed by atoms with Gasteiger partial charge in [-0.25, -0.2) is 0 Å². The largest absolute Gasteiger partial charge is 0.463 e. The molecule has 0 saturated carbocycles. The van der Waals surface area contributed by atoms with E-state index in [9.17, 15) is 14.4 Å². The quantitative estimate of drug-likeness (QED) is 0.569. The standard InChI is InChI=1S/C19H21ClN2O4/c1-11(2)26-18(24)9-16(14-6-4-5-7-15(14)20)22-19(25)17-8-13(10-21-17)12(3)23/h4-8,10-11,16,21H,9H2,1-3H3,(H,22,25)/t16-/m0/s1. The molecule has 7 heteroatoms. The second kappa shape index (κ2) is 8.67. The fourth-order valence-electron chi connectivity index (χ4n) is 2.44. The zero-order chi connectivity index (χ0) is 19.3. The highest BCUT2D eigenvalue weighted by Crippen LogP contribution is 2.26. The van der Waals surface area contributed by atoms with Crippen LogP contribution in [0.4, 0.5) is 0 Å². The zero-order valence-electron chi connectivity index (χ0n) is 14.8. The molecule has 0 radical (unpaired) electrons. The van der Waals surface area contributed by atoms with Crippen molar-refractivity contribution >= 4 is 29.3 Å². The maximum absolute atomic E-state index is 12.5. The van der Waals surface area contributed by atoms with Crippen molar-refractivity contribution in [3.05, 3.63) is 58.4 Å². The van der Waals surface area contributed by atoms with Crippen molar-refractivity contribution < 1.29 is 19.1 Å². The summed E-state index contributed by atoms with van der Waals surface area (Å²) >= 11 is 6.23. The molecule has 0 saturated heterocycles. The predicted molar refractivity (Wildman–Crippen MR) is 98.3 cm³/mol. The van der Waals surface area contributed by atoms with E-state index in [1.165, 1.54) is 19.2 Å². The van der Waals surface area contributed by atoms with Crippen LogP contribution in [-0.2, 0) is 9.53 Å². The molecule has 138 valence electrons. The Morgan fingerprint density at radius 2 is 1.92 bits per heavy atom. The highest BCUT2D eigenvalue weighted by Gasteiger charge is 2.23. The summed E-state index contributed by atoms with van der Waals surface area (Å²) in [6.07, 6.45) is 1.15. The number of ketones is 1. The van der Waals surface area contributed by atoms with Gasteiger partial charge in [0.25, 0.3) is 5.91 Å². The monoisotopic (exact) mass is 376 g/mol. The lowest BCUT2D eigenvalue weighted by Crippen LogP contribution is -2.31. The zero-order valence-corrected chi connectivity index (χ0v) is 15.6. The molecule has 1 heterocycles. The van der Waals surface area contributed by atoms with Gasteiger partial charge in [0.05, 0.1) is 18.6 Å². The van der Waals surface area contributed by atoms with Crippen molar-refractivity contribution in [1.82, 2.24) is 10.3 Å². The van der Waals surface area contributed by atoms with E-state index in [0.29, 0.717) is 16.1 Å². The van der Waals surface area contributed by atoms with E-state index < -0.39 is 17.9 Å². The fourth-order valence-corrected chi connectivity index (χ4v) is 2.71. The van der Waals surface area contributed by atoms with Crippen LogP contribution < -0.4 is 5.32 Å². The molecule has 0 aliphatic carbocycles. The van der Waals surface area contributed by atoms with E-state index in [1.807, 2.05) is 0 Å². The van der Waals surface area contributed by atoms with Gasteiger partial charge in [0.1, 0.15) is 5.69 Å². The molecule has 0 unspecified atom stereocenters. The van der Waals surface area contributed by atoms with Crippen molar-refractivity contribution in [2.75, 3.05) is 0 Å². The number of benzene rings is 1. The van der Waals surface area contributed by atoms with Crippen molar-refractivity contribution in [2.45, 2.75) is 39.3 Å². The highest BCUT2D eigenvalue weighted by atomic mass is 35.5. The molecule has 26 heavy (non-hydrogen) atoms. The van der Waals surface area contributed by atoms with E-state index >= 15 is 0 Å². The summed E-state index contributed by atoms with van der Waals surface area (Å²) < 4.78 is 5.18. The number of aromatic amines is 1. The molecule has 1 atom stereocenters. The van der Waals surface area contributed by atoms with Crippen LogP contribution in [0.2, 0.25) is 5.02 Å². The van der Waals surface area contributed by atoms with Crippen LogP contribution in [0.25, 0.3) is 0 Å². The van der Waals surface area contributed by atoms with E-state index in [-0.39, 0.29) is 24.0 Å². The third-order valence-electron chi connectivity index (χ3n) is 3.66. The maximum Gasteiger partial charge on any atom is 0.308 e. The lowest BCUT2D eigenvalue weighted by Gasteiger charge is -2.20. The van der Waals surface area contributed by atoms with Crippen molar-refractivity contribution in [1.29, 1.82) is 0 Å². The molecular formula is C19H21ClN2O4. The summed E-state index contributed by atoms with van der Waals surface area (Å²) in [6.45, 7) is 4.92. The van der Waals surface area contributed by atoms with Crippen LogP contribution in [0, 0.1) is 0 Å². The number of ether oxygens (including phenoxy) is 1. The molecule has 0 aliphatic heterocycles. The molecule has 2 rings (SSSR count). The normalized spacial score (nSPS) is 11.9. The summed E-state index contributed by atoms with van der Waals surface area (Å²) in [6, 6.07) is 7.77. The molecule has 6 nitrogen and oxygen atoms in total. The average Bonchev–Trinajstić information content (AvgIpc) is 3.04. The van der Waals surface area contributed by atoms with Crippen LogP contribution >= 0.6 is 11.6 Å². The number of hydrogen-bond acceptors (Lipinski definition) is 4. The van der Waals surface area contributed by atoms with E-state index in [4.69, 9.17) is 16.3 Å². The smallest absolute Gasteiger partial charge is 0.308 e. The Morgan fingerprint density at radius 1 is 1.23 bits per heavy atom. The second-order valence-electron chi connectivity index (χ2n) is 6.15. The van der Waals surface area contributed by atoms with Gasteiger partial charge in [-0.15, -0.1) is 0 Å². The van der Waals surface area contributed by atoms with E-state index in [2.05, 4.69) is 10.3 Å². The van der Waals surface area contributed by atoms with Crippen LogP contribution in [0.3, 0.4) is 0 Å². The average molecular weight is 377 g/mol. The number of halogens is 1. The van der Waals surface area contributed by atoms with E-state index in [1.54, 1.807) is 38.1 Å². The minimum absolute atomic E-state index is 0.0616. The first kappa shape index (κ1) is 19.7. The van der Waals surface area contributed by atoms with Crippen molar-refractivity contribution in [3.8, 4) is 0 Å². The number of esters is 1. The number of amides is 1. The van der Waals surface area contributed by atoms with Crippen LogP contribution in [0.5, 0.6) is 0 Å². The van der Waals surface area contributed by atoms with Crippen LogP contribution in [0.15, 0.2) is 36.5 Å². The number of aromatic nitrogens is 1. The summed E-state index contributed by atoms with van der Waals surface area (Å²) in [4.78, 5) is 38.8. The summed E-state index contributed by atoms with van der Waals surface area (Å²) in [7, 11) is 0. The van der Waals surface area contributed by atoms with Gasteiger partial charge < -0.3 is 15.0 Å². The highest BCUT2D eigenvalue weighted by molar-refractivity contribution is 6.31. The molecule has 0 fully saturated rings. The first-order valence-electron chi connectivity index (χ1n) is 8.22. The molecule has 2 N–H and O–H groups in total. The minimum Gasteiger partial charge on any atom is -0.463 e. The Balaban J connectivity index is 2.22. The van der Waals surface area contributed by atoms with Gasteiger partial charge in [-0.2, -0.15) is 0 Å². The Hall–Kier alpha value is -2.60. The van der Waals surface area contributed by atoms with Gasteiger partial charge in [0.2, 0.25) is 0 Å². The Morgan fingerprint density at radius 3 is 2.50 bits per heavy atom. The molecule has 0 bridgehead atoms. The van der Waals surface area contributed by atoms with Crippen molar-refractivity contribution in [3.63, 3.8) is 0 Å². The molecule has 1 amide bonds. The lowest BCUT2D eigenvalue weighted by atomic mass is 10.0. The summed E-state index contributed by atoms with van der Waals surface area (Å²) in [5.41, 5.74) is 1.25. The van der Waals surface area contributed by atoms with Gasteiger partial charge in [0.15, 0.2) is 5.78 Å². The predicted octanol–water partition coefficient (Wildman–Crippen LogP) is 3.68.